The van der Waals surface area contributed by atoms with Gasteiger partial charge in [0.15, 0.2) is 10.9 Å². The SMILES string of the molecule is CCCCCCCCCCCC(C)SC(C=O)S(=O)(=O)Oc1c(C(C)C)cc(C(C)C)cc1C(C)C. The maximum Gasteiger partial charge on any atom is 0.328 e. The van der Waals surface area contributed by atoms with Gasteiger partial charge in [0.1, 0.15) is 5.75 Å². The first-order valence-corrected chi connectivity index (χ1v) is 16.6. The lowest BCUT2D eigenvalue weighted by Gasteiger charge is -2.24. The van der Waals surface area contributed by atoms with Crippen LogP contribution < -0.4 is 4.18 Å². The minimum atomic E-state index is -4.12. The summed E-state index contributed by atoms with van der Waals surface area (Å²) in [5.41, 5.74) is 2.93. The van der Waals surface area contributed by atoms with Gasteiger partial charge in [0.2, 0.25) is 0 Å². The molecule has 2 unspecified atom stereocenters. The van der Waals surface area contributed by atoms with Gasteiger partial charge in [-0.1, -0.05) is 125 Å². The number of hydrogen-bond donors (Lipinski definition) is 0. The third-order valence-electron chi connectivity index (χ3n) is 6.76. The number of unbranched alkanes of at least 4 members (excludes halogenated alkanes) is 8. The molecule has 208 valence electrons. The molecule has 6 heteroatoms. The van der Waals surface area contributed by atoms with Crippen molar-refractivity contribution >= 4 is 28.2 Å². The van der Waals surface area contributed by atoms with E-state index in [0.717, 1.165) is 30.4 Å². The van der Waals surface area contributed by atoms with E-state index in [0.29, 0.717) is 18.0 Å². The van der Waals surface area contributed by atoms with Gasteiger partial charge in [0, 0.05) is 5.25 Å². The van der Waals surface area contributed by atoms with Crippen LogP contribution in [0, 0.1) is 0 Å². The second-order valence-corrected chi connectivity index (χ2v) is 14.7. The molecule has 0 heterocycles. The summed E-state index contributed by atoms with van der Waals surface area (Å²) in [6.07, 6.45) is 12.7. The third kappa shape index (κ3) is 11.2. The van der Waals surface area contributed by atoms with Crippen LogP contribution in [0.1, 0.15) is 154 Å². The van der Waals surface area contributed by atoms with Crippen molar-refractivity contribution in [1.82, 2.24) is 0 Å². The van der Waals surface area contributed by atoms with E-state index in [1.165, 1.54) is 62.3 Å². The Bertz CT molecular complexity index is 846. The van der Waals surface area contributed by atoms with Crippen molar-refractivity contribution in [3.8, 4) is 5.75 Å². The molecule has 0 N–H and O–H groups in total. The van der Waals surface area contributed by atoms with Crippen molar-refractivity contribution in [3.63, 3.8) is 0 Å². The number of hydrogen-bond acceptors (Lipinski definition) is 5. The lowest BCUT2D eigenvalue weighted by molar-refractivity contribution is -0.106. The molecule has 2 atom stereocenters. The van der Waals surface area contributed by atoms with Crippen LogP contribution in [0.4, 0.5) is 0 Å². The molecule has 0 aliphatic rings. The Kier molecular flexibility index (Phi) is 15.4. The van der Waals surface area contributed by atoms with Gasteiger partial charge in [0.05, 0.1) is 0 Å². The molecule has 1 rings (SSSR count). The van der Waals surface area contributed by atoms with Crippen molar-refractivity contribution in [1.29, 1.82) is 0 Å². The smallest absolute Gasteiger partial charge is 0.328 e. The molecule has 36 heavy (non-hydrogen) atoms. The zero-order valence-corrected chi connectivity index (χ0v) is 25.8. The molecule has 0 bridgehead atoms. The Morgan fingerprint density at radius 3 is 1.67 bits per heavy atom. The highest BCUT2D eigenvalue weighted by molar-refractivity contribution is 8.13. The molecule has 0 radical (unpaired) electrons. The maximum atomic E-state index is 13.3. The van der Waals surface area contributed by atoms with Gasteiger partial charge < -0.3 is 8.98 Å². The molecular formula is C30H52O4S2. The fraction of sp³-hybridized carbons (Fsp3) is 0.767. The van der Waals surface area contributed by atoms with Crippen LogP contribution in [0.15, 0.2) is 12.1 Å². The van der Waals surface area contributed by atoms with E-state index in [1.54, 1.807) is 0 Å². The Hall–Kier alpha value is -1.01. The number of carbonyl (C=O) groups excluding carboxylic acids is 1. The normalized spacial score (nSPS) is 14.0. The first-order chi connectivity index (χ1) is 16.9. The van der Waals surface area contributed by atoms with Gasteiger partial charge in [-0.25, -0.2) is 0 Å². The summed E-state index contributed by atoms with van der Waals surface area (Å²) in [7, 11) is -4.12. The molecule has 4 nitrogen and oxygen atoms in total. The zero-order chi connectivity index (χ0) is 27.3. The summed E-state index contributed by atoms with van der Waals surface area (Å²) in [5, 5.41) is 0.0700. The van der Waals surface area contributed by atoms with Gasteiger partial charge in [-0.2, -0.15) is 8.42 Å². The van der Waals surface area contributed by atoms with Gasteiger partial charge in [-0.3, -0.25) is 0 Å². The molecule has 0 spiro atoms. The molecule has 0 fully saturated rings. The van der Waals surface area contributed by atoms with E-state index < -0.39 is 14.7 Å². The highest BCUT2D eigenvalue weighted by Gasteiger charge is 2.32. The van der Waals surface area contributed by atoms with Gasteiger partial charge >= 0.3 is 10.1 Å². The van der Waals surface area contributed by atoms with Crippen molar-refractivity contribution in [2.45, 2.75) is 147 Å². The molecule has 0 aromatic heterocycles. The summed E-state index contributed by atoms with van der Waals surface area (Å²) in [6, 6.07) is 4.11. The Morgan fingerprint density at radius 2 is 1.25 bits per heavy atom. The third-order valence-corrected chi connectivity index (χ3v) is 9.95. The summed E-state index contributed by atoms with van der Waals surface area (Å²) >= 11 is 1.20. The summed E-state index contributed by atoms with van der Waals surface area (Å²) in [5.74, 6) is 0.924. The van der Waals surface area contributed by atoms with Gasteiger partial charge in [0.25, 0.3) is 0 Å². The average molecular weight is 541 g/mol. The second-order valence-electron chi connectivity index (χ2n) is 11.1. The minimum absolute atomic E-state index is 0.0700. The number of rotatable bonds is 19. The predicted molar refractivity (Wildman–Crippen MR) is 157 cm³/mol. The van der Waals surface area contributed by atoms with Crippen LogP contribution in [0.2, 0.25) is 0 Å². The minimum Gasteiger partial charge on any atom is -0.381 e. The van der Waals surface area contributed by atoms with Crippen LogP contribution in [0.5, 0.6) is 5.75 Å². The second kappa shape index (κ2) is 16.8. The molecule has 0 aliphatic heterocycles. The topological polar surface area (TPSA) is 60.4 Å². The standard InChI is InChI=1S/C30H52O4S2/c1-9-10-11-12-13-14-15-16-17-18-25(8)35-29(21-31)36(32,33)34-30-27(23(4)5)19-26(22(2)3)20-28(30)24(6)7/h19-25,29H,9-18H2,1-8H3. The average Bonchev–Trinajstić information content (AvgIpc) is 2.80. The largest absolute Gasteiger partial charge is 0.381 e. The molecule has 1 aromatic carbocycles. The molecule has 0 saturated carbocycles. The van der Waals surface area contributed by atoms with Crippen molar-refractivity contribution in [2.24, 2.45) is 0 Å². The van der Waals surface area contributed by atoms with Crippen LogP contribution in [0.3, 0.4) is 0 Å². The lowest BCUT2D eigenvalue weighted by atomic mass is 9.88. The van der Waals surface area contributed by atoms with Crippen molar-refractivity contribution < 1.29 is 17.4 Å². The number of aldehydes is 1. The van der Waals surface area contributed by atoms with Gasteiger partial charge in [-0.15, -0.1) is 11.8 Å². The quantitative estimate of drug-likeness (QED) is 0.0993. The highest BCUT2D eigenvalue weighted by atomic mass is 32.3. The lowest BCUT2D eigenvalue weighted by Crippen LogP contribution is -2.27. The first-order valence-electron chi connectivity index (χ1n) is 14.2. The zero-order valence-electron chi connectivity index (χ0n) is 24.1. The maximum absolute atomic E-state index is 13.3. The van der Waals surface area contributed by atoms with Crippen LogP contribution in [0.25, 0.3) is 0 Å². The molecule has 1 aromatic rings. The Balaban J connectivity index is 2.83. The van der Waals surface area contributed by atoms with Crippen LogP contribution in [-0.4, -0.2) is 24.5 Å². The summed E-state index contributed by atoms with van der Waals surface area (Å²) in [4.78, 5) is 11.9. The van der Waals surface area contributed by atoms with Crippen LogP contribution >= 0.6 is 11.8 Å². The Morgan fingerprint density at radius 1 is 0.778 bits per heavy atom. The molecule has 0 amide bonds. The Labute approximate surface area is 226 Å². The number of carbonyl (C=O) groups is 1. The number of thioether (sulfide) groups is 1. The van der Waals surface area contributed by atoms with E-state index in [-0.39, 0.29) is 17.1 Å². The van der Waals surface area contributed by atoms with E-state index >= 15 is 0 Å². The summed E-state index contributed by atoms with van der Waals surface area (Å²) < 4.78 is 31.1. The molecular weight excluding hydrogens is 488 g/mol. The highest BCUT2D eigenvalue weighted by Crippen LogP contribution is 2.39. The van der Waals surface area contributed by atoms with E-state index in [9.17, 15) is 13.2 Å². The van der Waals surface area contributed by atoms with E-state index in [1.807, 2.05) is 34.6 Å². The van der Waals surface area contributed by atoms with E-state index in [2.05, 4.69) is 32.9 Å². The number of benzene rings is 1. The van der Waals surface area contributed by atoms with Crippen molar-refractivity contribution in [3.05, 3.63) is 28.8 Å². The van der Waals surface area contributed by atoms with Crippen molar-refractivity contribution in [2.75, 3.05) is 0 Å². The van der Waals surface area contributed by atoms with Crippen LogP contribution in [-0.2, 0) is 14.9 Å². The molecule has 0 aliphatic carbocycles. The predicted octanol–water partition coefficient (Wildman–Crippen LogP) is 9.33. The first kappa shape index (κ1) is 33.0. The fourth-order valence-electron chi connectivity index (χ4n) is 4.36. The van der Waals surface area contributed by atoms with Gasteiger partial charge in [-0.05, 0) is 40.9 Å². The fourth-order valence-corrected chi connectivity index (χ4v) is 7.07. The molecule has 0 saturated heterocycles. The monoisotopic (exact) mass is 540 g/mol. The van der Waals surface area contributed by atoms with E-state index in [4.69, 9.17) is 4.18 Å². The summed E-state index contributed by atoms with van der Waals surface area (Å²) in [6.45, 7) is 16.7.